The Morgan fingerprint density at radius 2 is 2.03 bits per heavy atom. The van der Waals surface area contributed by atoms with Crippen LogP contribution in [-0.4, -0.2) is 21.0 Å². The standard InChI is InChI=1S/C22H22N4O2S/c1-3-12(2)29-22-25-20-19(21(28)26-22)17(14-9-7-13(11-23)8-10-14)18-15(24-20)5-4-6-16(18)27/h7-10,12,17H,3-6H2,1-2H3,(H2,24,25,26,28)/t12-,17-/m1/s1. The van der Waals surface area contributed by atoms with Gasteiger partial charge in [-0.1, -0.05) is 37.7 Å². The summed E-state index contributed by atoms with van der Waals surface area (Å²) in [7, 11) is 0. The summed E-state index contributed by atoms with van der Waals surface area (Å²) < 4.78 is 0. The number of allylic oxidation sites excluding steroid dienone is 2. The van der Waals surface area contributed by atoms with E-state index in [1.807, 2.05) is 12.1 Å². The number of thioether (sulfide) groups is 1. The van der Waals surface area contributed by atoms with Crippen LogP contribution < -0.4 is 10.9 Å². The van der Waals surface area contributed by atoms with E-state index in [1.54, 1.807) is 12.1 Å². The number of ketones is 1. The smallest absolute Gasteiger partial charge is 0.257 e. The topological polar surface area (TPSA) is 98.6 Å². The lowest BCUT2D eigenvalue weighted by atomic mass is 9.76. The van der Waals surface area contributed by atoms with Crippen molar-refractivity contribution in [2.75, 3.05) is 5.32 Å². The van der Waals surface area contributed by atoms with Crippen molar-refractivity contribution in [3.8, 4) is 6.07 Å². The van der Waals surface area contributed by atoms with E-state index in [1.165, 1.54) is 11.8 Å². The average molecular weight is 407 g/mol. The molecule has 0 saturated heterocycles. The Kier molecular flexibility index (Phi) is 5.29. The molecule has 148 valence electrons. The molecule has 1 aromatic carbocycles. The zero-order valence-corrected chi connectivity index (χ0v) is 17.2. The highest BCUT2D eigenvalue weighted by atomic mass is 32.2. The van der Waals surface area contributed by atoms with Crippen molar-refractivity contribution < 1.29 is 4.79 Å². The summed E-state index contributed by atoms with van der Waals surface area (Å²) in [4.78, 5) is 33.5. The highest BCUT2D eigenvalue weighted by Gasteiger charge is 2.37. The van der Waals surface area contributed by atoms with Crippen molar-refractivity contribution in [2.45, 2.75) is 55.9 Å². The molecule has 1 aliphatic carbocycles. The fourth-order valence-corrected chi connectivity index (χ4v) is 4.70. The fraction of sp³-hybridized carbons (Fsp3) is 0.364. The van der Waals surface area contributed by atoms with Gasteiger partial charge < -0.3 is 10.3 Å². The van der Waals surface area contributed by atoms with E-state index in [9.17, 15) is 9.59 Å². The molecule has 0 bridgehead atoms. The van der Waals surface area contributed by atoms with Gasteiger partial charge in [0, 0.05) is 28.9 Å². The summed E-state index contributed by atoms with van der Waals surface area (Å²) in [5.74, 6) is 0.124. The van der Waals surface area contributed by atoms with Crippen LogP contribution in [0.5, 0.6) is 0 Å². The first-order chi connectivity index (χ1) is 14.0. The van der Waals surface area contributed by atoms with Crippen molar-refractivity contribution in [3.05, 3.63) is 62.6 Å². The van der Waals surface area contributed by atoms with Crippen LogP contribution in [0.1, 0.15) is 62.1 Å². The number of aromatic amines is 1. The van der Waals surface area contributed by atoms with Gasteiger partial charge in [0.25, 0.3) is 5.56 Å². The van der Waals surface area contributed by atoms with Gasteiger partial charge in [-0.2, -0.15) is 5.26 Å². The Hall–Kier alpha value is -2.85. The molecule has 0 unspecified atom stereocenters. The van der Waals surface area contributed by atoms with Crippen molar-refractivity contribution >= 4 is 23.4 Å². The van der Waals surface area contributed by atoms with Crippen molar-refractivity contribution in [1.82, 2.24) is 9.97 Å². The highest BCUT2D eigenvalue weighted by molar-refractivity contribution is 7.99. The van der Waals surface area contributed by atoms with Gasteiger partial charge in [-0.3, -0.25) is 9.59 Å². The molecule has 1 aromatic heterocycles. The molecule has 2 aliphatic rings. The fourth-order valence-electron chi connectivity index (χ4n) is 3.85. The molecule has 0 spiro atoms. The van der Waals surface area contributed by atoms with Crippen LogP contribution in [0.25, 0.3) is 0 Å². The molecule has 6 nitrogen and oxygen atoms in total. The quantitative estimate of drug-likeness (QED) is 0.586. The van der Waals surface area contributed by atoms with E-state index in [2.05, 4.69) is 35.2 Å². The summed E-state index contributed by atoms with van der Waals surface area (Å²) in [6.45, 7) is 4.19. The number of fused-ring (bicyclic) bond motifs is 1. The number of hydrogen-bond donors (Lipinski definition) is 2. The first-order valence-electron chi connectivity index (χ1n) is 9.86. The monoisotopic (exact) mass is 406 g/mol. The second kappa shape index (κ2) is 7.88. The number of anilines is 1. The van der Waals surface area contributed by atoms with E-state index in [0.717, 1.165) is 30.5 Å². The Balaban J connectivity index is 1.88. The summed E-state index contributed by atoms with van der Waals surface area (Å²) in [5.41, 5.74) is 3.12. The Bertz CT molecular complexity index is 1100. The first kappa shape index (κ1) is 19.5. The van der Waals surface area contributed by atoms with Crippen molar-refractivity contribution in [2.24, 2.45) is 0 Å². The van der Waals surface area contributed by atoms with Gasteiger partial charge in [-0.25, -0.2) is 4.98 Å². The number of nitriles is 1. The molecule has 29 heavy (non-hydrogen) atoms. The van der Waals surface area contributed by atoms with Crippen LogP contribution in [0, 0.1) is 11.3 Å². The lowest BCUT2D eigenvalue weighted by Gasteiger charge is -2.32. The Morgan fingerprint density at radius 3 is 2.72 bits per heavy atom. The van der Waals surface area contributed by atoms with E-state index >= 15 is 0 Å². The first-order valence-corrected chi connectivity index (χ1v) is 10.7. The van der Waals surface area contributed by atoms with Crippen LogP contribution in [0.4, 0.5) is 5.82 Å². The number of carbonyl (C=O) groups excluding carboxylic acids is 1. The third-order valence-corrected chi connectivity index (χ3v) is 6.65. The third-order valence-electron chi connectivity index (χ3n) is 5.50. The van der Waals surface area contributed by atoms with Gasteiger partial charge in [0.2, 0.25) is 0 Å². The molecule has 0 saturated carbocycles. The zero-order chi connectivity index (χ0) is 20.5. The molecule has 0 fully saturated rings. The maximum atomic E-state index is 13.1. The van der Waals surface area contributed by atoms with E-state index < -0.39 is 5.92 Å². The lowest BCUT2D eigenvalue weighted by molar-refractivity contribution is -0.116. The number of rotatable bonds is 4. The van der Waals surface area contributed by atoms with Gasteiger partial charge in [0.1, 0.15) is 5.82 Å². The molecule has 7 heteroatoms. The van der Waals surface area contributed by atoms with Gasteiger partial charge in [-0.05, 0) is 37.0 Å². The Morgan fingerprint density at radius 1 is 1.28 bits per heavy atom. The molecule has 1 aliphatic heterocycles. The second-order valence-electron chi connectivity index (χ2n) is 7.43. The largest absolute Gasteiger partial charge is 0.343 e. The molecular formula is C22H22N4O2S. The molecular weight excluding hydrogens is 384 g/mol. The maximum absolute atomic E-state index is 13.1. The molecule has 2 heterocycles. The summed E-state index contributed by atoms with van der Waals surface area (Å²) >= 11 is 1.54. The molecule has 2 atom stereocenters. The van der Waals surface area contributed by atoms with Gasteiger partial charge in [0.15, 0.2) is 10.9 Å². The van der Waals surface area contributed by atoms with Crippen LogP contribution >= 0.6 is 11.8 Å². The minimum atomic E-state index is -0.472. The predicted octanol–water partition coefficient (Wildman–Crippen LogP) is 4.10. The number of hydrogen-bond acceptors (Lipinski definition) is 6. The Labute approximate surface area is 173 Å². The second-order valence-corrected chi connectivity index (χ2v) is 8.86. The minimum absolute atomic E-state index is 0.0659. The minimum Gasteiger partial charge on any atom is -0.343 e. The molecule has 2 N–H and O–H groups in total. The number of aromatic nitrogens is 2. The normalized spacial score (nSPS) is 19.1. The average Bonchev–Trinajstić information content (AvgIpc) is 2.72. The zero-order valence-electron chi connectivity index (χ0n) is 16.4. The molecule has 0 radical (unpaired) electrons. The number of H-pyrrole nitrogens is 1. The van der Waals surface area contributed by atoms with Crippen LogP contribution in [0.15, 0.2) is 45.5 Å². The number of nitrogens with zero attached hydrogens (tertiary/aromatic N) is 2. The van der Waals surface area contributed by atoms with E-state index in [0.29, 0.717) is 39.3 Å². The maximum Gasteiger partial charge on any atom is 0.257 e. The van der Waals surface area contributed by atoms with Gasteiger partial charge in [-0.15, -0.1) is 0 Å². The van der Waals surface area contributed by atoms with Crippen molar-refractivity contribution in [1.29, 1.82) is 5.26 Å². The third kappa shape index (κ3) is 3.60. The summed E-state index contributed by atoms with van der Waals surface area (Å²) in [6.07, 6.45) is 3.00. The number of carbonyl (C=O) groups is 1. The van der Waals surface area contributed by atoms with Crippen LogP contribution in [0.2, 0.25) is 0 Å². The van der Waals surface area contributed by atoms with Gasteiger partial charge in [0.05, 0.1) is 17.2 Å². The summed E-state index contributed by atoms with van der Waals surface area (Å²) in [5, 5.41) is 13.3. The van der Waals surface area contributed by atoms with E-state index in [-0.39, 0.29) is 11.3 Å². The predicted molar refractivity (Wildman–Crippen MR) is 113 cm³/mol. The van der Waals surface area contributed by atoms with Gasteiger partial charge >= 0.3 is 0 Å². The number of benzene rings is 1. The van der Waals surface area contributed by atoms with Crippen molar-refractivity contribution in [3.63, 3.8) is 0 Å². The molecule has 0 amide bonds. The highest BCUT2D eigenvalue weighted by Crippen LogP contribution is 2.43. The lowest BCUT2D eigenvalue weighted by Crippen LogP contribution is -2.32. The summed E-state index contributed by atoms with van der Waals surface area (Å²) in [6, 6.07) is 9.20. The van der Waals surface area contributed by atoms with Crippen LogP contribution in [0.3, 0.4) is 0 Å². The van der Waals surface area contributed by atoms with E-state index in [4.69, 9.17) is 5.26 Å². The number of Topliss-reactive ketones (excluding diaryl/α,β-unsaturated/α-hetero) is 1. The molecule has 4 rings (SSSR count). The SMILES string of the molecule is CC[C@@H](C)Sc1nc2c(c(=O)[nH]1)[C@H](c1ccc(C#N)cc1)C1=C(CCCC1=O)N2. The van der Waals surface area contributed by atoms with Crippen LogP contribution in [-0.2, 0) is 4.79 Å². The molecule has 2 aromatic rings. The number of nitrogens with one attached hydrogen (secondary N) is 2.